The fraction of sp³-hybridized carbons (Fsp3) is 0.333. The molecule has 0 radical (unpaired) electrons. The molecule has 2 atom stereocenters. The number of hydrogen-bond donors (Lipinski definition) is 0. The molecular formula is C33H36N2O4. The molecule has 0 aliphatic carbocycles. The average Bonchev–Trinajstić information content (AvgIpc) is 3.55. The van der Waals surface area contributed by atoms with Crippen LogP contribution in [0.4, 0.5) is 0 Å². The molecule has 1 aliphatic heterocycles. The molecule has 202 valence electrons. The Balaban J connectivity index is 1.14. The molecule has 6 nitrogen and oxygen atoms in total. The number of hydrogen-bond acceptors (Lipinski definition) is 6. The van der Waals surface area contributed by atoms with E-state index in [-0.39, 0.29) is 17.8 Å². The Morgan fingerprint density at radius 1 is 0.949 bits per heavy atom. The number of aromatic nitrogens is 1. The van der Waals surface area contributed by atoms with Crippen LogP contribution in [0, 0.1) is 18.8 Å². The fourth-order valence-electron chi connectivity index (χ4n) is 5.41. The largest absolute Gasteiger partial charge is 0.493 e. The van der Waals surface area contributed by atoms with Gasteiger partial charge < -0.3 is 13.9 Å². The third kappa shape index (κ3) is 6.95. The van der Waals surface area contributed by atoms with Crippen LogP contribution in [0.3, 0.4) is 0 Å². The molecule has 0 unspecified atom stereocenters. The molecule has 1 fully saturated rings. The fourth-order valence-corrected chi connectivity index (χ4v) is 5.41. The van der Waals surface area contributed by atoms with E-state index in [0.717, 1.165) is 55.2 Å². The van der Waals surface area contributed by atoms with Gasteiger partial charge in [-0.15, -0.1) is 0 Å². The molecule has 5 rings (SSSR count). The zero-order valence-corrected chi connectivity index (χ0v) is 22.7. The minimum Gasteiger partial charge on any atom is -0.493 e. The van der Waals surface area contributed by atoms with Crippen molar-refractivity contribution in [3.63, 3.8) is 0 Å². The second kappa shape index (κ2) is 12.8. The van der Waals surface area contributed by atoms with Crippen LogP contribution in [0.5, 0.6) is 5.75 Å². The quantitative estimate of drug-likeness (QED) is 0.220. The van der Waals surface area contributed by atoms with Crippen LogP contribution >= 0.6 is 0 Å². The van der Waals surface area contributed by atoms with Crippen LogP contribution in [0.2, 0.25) is 0 Å². The topological polar surface area (TPSA) is 64.8 Å². The Hall–Kier alpha value is -3.90. The lowest BCUT2D eigenvalue weighted by Gasteiger charge is -2.16. The highest BCUT2D eigenvalue weighted by atomic mass is 16.5. The van der Waals surface area contributed by atoms with E-state index >= 15 is 0 Å². The van der Waals surface area contributed by atoms with Gasteiger partial charge in [0.15, 0.2) is 0 Å². The Morgan fingerprint density at radius 3 is 2.46 bits per heavy atom. The van der Waals surface area contributed by atoms with Crippen molar-refractivity contribution >= 4 is 5.97 Å². The zero-order valence-electron chi connectivity index (χ0n) is 22.7. The lowest BCUT2D eigenvalue weighted by molar-refractivity contribution is -0.146. The summed E-state index contributed by atoms with van der Waals surface area (Å²) in [6, 6.07) is 28.6. The maximum absolute atomic E-state index is 12.5. The van der Waals surface area contributed by atoms with Crippen molar-refractivity contribution < 1.29 is 18.7 Å². The molecule has 39 heavy (non-hydrogen) atoms. The first-order valence-electron chi connectivity index (χ1n) is 13.7. The Labute approximate surface area is 230 Å². The highest BCUT2D eigenvalue weighted by molar-refractivity contribution is 5.73. The number of ether oxygens (including phenoxy) is 2. The van der Waals surface area contributed by atoms with E-state index in [2.05, 4.69) is 46.3 Å². The summed E-state index contributed by atoms with van der Waals surface area (Å²) in [7, 11) is 1.49. The smallest absolute Gasteiger partial charge is 0.310 e. The highest BCUT2D eigenvalue weighted by Crippen LogP contribution is 2.30. The maximum Gasteiger partial charge on any atom is 0.310 e. The van der Waals surface area contributed by atoms with Crippen LogP contribution < -0.4 is 4.74 Å². The first-order valence-corrected chi connectivity index (χ1v) is 13.7. The number of methoxy groups -OCH3 is 1. The average molecular weight is 525 g/mol. The molecule has 1 aromatic heterocycles. The lowest BCUT2D eigenvalue weighted by atomic mass is 9.90. The van der Waals surface area contributed by atoms with E-state index in [1.807, 2.05) is 55.5 Å². The highest BCUT2D eigenvalue weighted by Gasteiger charge is 2.37. The monoisotopic (exact) mass is 524 g/mol. The number of carbonyl (C=O) groups is 1. The van der Waals surface area contributed by atoms with E-state index in [9.17, 15) is 4.79 Å². The SMILES string of the molecule is COC(=O)[C@H]1CN(Cc2ccccc2)C[C@H]1CCc1cccc(OCCc2nc(-c3ccccc3)oc2C)c1. The second-order valence-corrected chi connectivity index (χ2v) is 10.2. The summed E-state index contributed by atoms with van der Waals surface area (Å²) < 4.78 is 17.1. The molecule has 2 heterocycles. The molecule has 1 aliphatic rings. The lowest BCUT2D eigenvalue weighted by Crippen LogP contribution is -2.25. The van der Waals surface area contributed by atoms with E-state index < -0.39 is 0 Å². The van der Waals surface area contributed by atoms with Crippen LogP contribution in [0.1, 0.15) is 29.0 Å². The summed E-state index contributed by atoms with van der Waals surface area (Å²) in [5.41, 5.74) is 4.37. The van der Waals surface area contributed by atoms with Gasteiger partial charge in [0.2, 0.25) is 5.89 Å². The molecule has 0 saturated carbocycles. The standard InChI is InChI=1S/C33H36N2O4/c1-24-31(34-32(39-24)27-13-7-4-8-14-27)18-19-38-29-15-9-12-25(20-29)16-17-28-22-35(23-30(28)33(36)37-2)21-26-10-5-3-6-11-26/h3-15,20,28,30H,16-19,21-23H2,1-2H3/t28-,30+/m1/s1. The Morgan fingerprint density at radius 2 is 1.69 bits per heavy atom. The van der Waals surface area contributed by atoms with Crippen LogP contribution in [-0.4, -0.2) is 42.7 Å². The van der Waals surface area contributed by atoms with Gasteiger partial charge in [0.05, 0.1) is 25.3 Å². The van der Waals surface area contributed by atoms with E-state index in [1.165, 1.54) is 18.2 Å². The van der Waals surface area contributed by atoms with Gasteiger partial charge in [-0.3, -0.25) is 9.69 Å². The van der Waals surface area contributed by atoms with Gasteiger partial charge in [-0.25, -0.2) is 4.98 Å². The number of esters is 1. The van der Waals surface area contributed by atoms with Crippen LogP contribution in [-0.2, 0) is 28.9 Å². The minimum atomic E-state index is -0.105. The third-order valence-corrected chi connectivity index (χ3v) is 7.49. The Kier molecular flexibility index (Phi) is 8.74. The number of likely N-dealkylation sites (tertiary alicyclic amines) is 1. The number of nitrogens with zero attached hydrogens (tertiary/aromatic N) is 2. The van der Waals surface area contributed by atoms with Crippen molar-refractivity contribution in [1.82, 2.24) is 9.88 Å². The summed E-state index contributed by atoms with van der Waals surface area (Å²) in [5.74, 6) is 2.38. The molecule has 0 amide bonds. The number of oxazole rings is 1. The van der Waals surface area contributed by atoms with Gasteiger partial charge in [0.1, 0.15) is 11.5 Å². The number of benzene rings is 3. The normalized spacial score (nSPS) is 17.3. The molecule has 1 saturated heterocycles. The molecule has 4 aromatic rings. The van der Waals surface area contributed by atoms with E-state index in [0.29, 0.717) is 18.9 Å². The van der Waals surface area contributed by atoms with Gasteiger partial charge >= 0.3 is 5.97 Å². The summed E-state index contributed by atoms with van der Waals surface area (Å²) >= 11 is 0. The van der Waals surface area contributed by atoms with Gasteiger partial charge in [-0.2, -0.15) is 0 Å². The molecule has 6 heteroatoms. The maximum atomic E-state index is 12.5. The van der Waals surface area contributed by atoms with Crippen molar-refractivity contribution in [1.29, 1.82) is 0 Å². The van der Waals surface area contributed by atoms with Gasteiger partial charge in [0, 0.05) is 31.6 Å². The Bertz CT molecular complexity index is 1350. The number of carbonyl (C=O) groups excluding carboxylic acids is 1. The predicted octanol–water partition coefficient (Wildman–Crippen LogP) is 6.13. The molecule has 0 bridgehead atoms. The summed E-state index contributed by atoms with van der Waals surface area (Å²) in [6.45, 7) is 4.95. The summed E-state index contributed by atoms with van der Waals surface area (Å²) in [6.07, 6.45) is 2.48. The first-order chi connectivity index (χ1) is 19.1. The van der Waals surface area contributed by atoms with Crippen molar-refractivity contribution in [3.05, 3.63) is 108 Å². The zero-order chi connectivity index (χ0) is 27.0. The van der Waals surface area contributed by atoms with Gasteiger partial charge in [-0.05, 0) is 61.1 Å². The van der Waals surface area contributed by atoms with Crippen molar-refractivity contribution in [2.75, 3.05) is 26.8 Å². The second-order valence-electron chi connectivity index (χ2n) is 10.2. The van der Waals surface area contributed by atoms with E-state index in [1.54, 1.807) is 0 Å². The van der Waals surface area contributed by atoms with Crippen molar-refractivity contribution in [2.45, 2.75) is 32.7 Å². The predicted molar refractivity (Wildman–Crippen MR) is 151 cm³/mol. The van der Waals surface area contributed by atoms with Crippen LogP contribution in [0.25, 0.3) is 11.5 Å². The molecular weight excluding hydrogens is 488 g/mol. The number of rotatable bonds is 11. The van der Waals surface area contributed by atoms with Gasteiger partial charge in [0.25, 0.3) is 0 Å². The number of aryl methyl sites for hydroxylation is 2. The van der Waals surface area contributed by atoms with Crippen molar-refractivity contribution in [2.24, 2.45) is 11.8 Å². The molecule has 3 aromatic carbocycles. The summed E-state index contributed by atoms with van der Waals surface area (Å²) in [5, 5.41) is 0. The summed E-state index contributed by atoms with van der Waals surface area (Å²) in [4.78, 5) is 19.6. The molecule has 0 N–H and O–H groups in total. The van der Waals surface area contributed by atoms with E-state index in [4.69, 9.17) is 13.9 Å². The minimum absolute atomic E-state index is 0.0929. The van der Waals surface area contributed by atoms with Crippen molar-refractivity contribution in [3.8, 4) is 17.2 Å². The molecule has 0 spiro atoms. The third-order valence-electron chi connectivity index (χ3n) is 7.49. The van der Waals surface area contributed by atoms with Gasteiger partial charge in [-0.1, -0.05) is 60.7 Å². The first kappa shape index (κ1) is 26.7. The van der Waals surface area contributed by atoms with Crippen LogP contribution in [0.15, 0.2) is 89.3 Å².